The molecule has 1 aliphatic rings. The summed E-state index contributed by atoms with van der Waals surface area (Å²) in [5.74, 6) is 0.336. The zero-order valence-electron chi connectivity index (χ0n) is 11.8. The van der Waals surface area contributed by atoms with Gasteiger partial charge in [-0.3, -0.25) is 4.79 Å². The van der Waals surface area contributed by atoms with E-state index in [1.807, 2.05) is 31.2 Å². The molecule has 1 heterocycles. The molecule has 0 bridgehead atoms. The number of carbonyl (C=O) groups excluding carboxylic acids is 1. The van der Waals surface area contributed by atoms with E-state index in [2.05, 4.69) is 0 Å². The fourth-order valence-electron chi connectivity index (χ4n) is 2.59. The fourth-order valence-corrected chi connectivity index (χ4v) is 2.59. The Morgan fingerprint density at radius 3 is 2.90 bits per heavy atom. The Morgan fingerprint density at radius 1 is 1.29 bits per heavy atom. The molecule has 21 heavy (non-hydrogen) atoms. The first-order chi connectivity index (χ1) is 10.1. The number of anilines is 1. The molecule has 1 amide bonds. The predicted octanol–water partition coefficient (Wildman–Crippen LogP) is 3.18. The molecule has 0 spiro atoms. The van der Waals surface area contributed by atoms with E-state index in [-0.39, 0.29) is 24.2 Å². The van der Waals surface area contributed by atoms with E-state index in [9.17, 15) is 9.18 Å². The number of halogens is 1. The molecule has 0 aromatic heterocycles. The summed E-state index contributed by atoms with van der Waals surface area (Å²) in [5.41, 5.74) is 1.45. The minimum atomic E-state index is -0.323. The molecule has 2 aromatic carbocycles. The second kappa shape index (κ2) is 5.56. The van der Waals surface area contributed by atoms with Gasteiger partial charge < -0.3 is 9.64 Å². The Kier molecular flexibility index (Phi) is 3.60. The van der Waals surface area contributed by atoms with Crippen molar-refractivity contribution < 1.29 is 13.9 Å². The van der Waals surface area contributed by atoms with Crippen LogP contribution < -0.4 is 9.64 Å². The Hall–Kier alpha value is -2.36. The monoisotopic (exact) mass is 285 g/mol. The SMILES string of the molecule is CC1COc2ccccc2N1C(=O)Cc1cccc(F)c1. The van der Waals surface area contributed by atoms with Crippen LogP contribution in [0.15, 0.2) is 48.5 Å². The van der Waals surface area contributed by atoms with Gasteiger partial charge in [-0.2, -0.15) is 0 Å². The maximum absolute atomic E-state index is 13.2. The number of ether oxygens (including phenoxy) is 1. The molecule has 0 radical (unpaired) electrons. The normalized spacial score (nSPS) is 17.0. The van der Waals surface area contributed by atoms with E-state index in [0.29, 0.717) is 17.9 Å². The molecule has 2 aromatic rings. The summed E-state index contributed by atoms with van der Waals surface area (Å²) in [7, 11) is 0. The van der Waals surface area contributed by atoms with Crippen LogP contribution >= 0.6 is 0 Å². The van der Waals surface area contributed by atoms with E-state index in [1.165, 1.54) is 12.1 Å². The lowest BCUT2D eigenvalue weighted by Gasteiger charge is -2.35. The van der Waals surface area contributed by atoms with Gasteiger partial charge in [0.15, 0.2) is 0 Å². The van der Waals surface area contributed by atoms with Crippen molar-refractivity contribution >= 4 is 11.6 Å². The number of nitrogens with zero attached hydrogens (tertiary/aromatic N) is 1. The highest BCUT2D eigenvalue weighted by Gasteiger charge is 2.29. The van der Waals surface area contributed by atoms with Gasteiger partial charge in [0.25, 0.3) is 0 Å². The third-order valence-electron chi connectivity index (χ3n) is 3.56. The number of carbonyl (C=O) groups is 1. The molecule has 1 unspecified atom stereocenters. The van der Waals surface area contributed by atoms with Crippen LogP contribution in [0.4, 0.5) is 10.1 Å². The van der Waals surface area contributed by atoms with Crippen LogP contribution in [-0.2, 0) is 11.2 Å². The molecular weight excluding hydrogens is 269 g/mol. The molecule has 0 fully saturated rings. The lowest BCUT2D eigenvalue weighted by molar-refractivity contribution is -0.118. The predicted molar refractivity (Wildman–Crippen MR) is 79.0 cm³/mol. The summed E-state index contributed by atoms with van der Waals surface area (Å²) in [6, 6.07) is 13.6. The van der Waals surface area contributed by atoms with Crippen molar-refractivity contribution in [3.05, 3.63) is 59.9 Å². The van der Waals surface area contributed by atoms with Crippen LogP contribution in [0, 0.1) is 5.82 Å². The minimum Gasteiger partial charge on any atom is -0.489 e. The number of para-hydroxylation sites is 2. The highest BCUT2D eigenvalue weighted by atomic mass is 19.1. The van der Waals surface area contributed by atoms with Crippen molar-refractivity contribution in [1.82, 2.24) is 0 Å². The highest BCUT2D eigenvalue weighted by molar-refractivity contribution is 5.97. The molecule has 0 saturated carbocycles. The number of hydrogen-bond donors (Lipinski definition) is 0. The zero-order valence-corrected chi connectivity index (χ0v) is 11.8. The molecule has 4 heteroatoms. The quantitative estimate of drug-likeness (QED) is 0.848. The smallest absolute Gasteiger partial charge is 0.231 e. The lowest BCUT2D eigenvalue weighted by Crippen LogP contribution is -2.45. The maximum Gasteiger partial charge on any atom is 0.231 e. The molecular formula is C17H16FNO2. The van der Waals surface area contributed by atoms with Crippen molar-refractivity contribution in [3.63, 3.8) is 0 Å². The van der Waals surface area contributed by atoms with Gasteiger partial charge in [0, 0.05) is 0 Å². The van der Waals surface area contributed by atoms with Crippen LogP contribution in [0.2, 0.25) is 0 Å². The highest BCUT2D eigenvalue weighted by Crippen LogP contribution is 2.33. The van der Waals surface area contributed by atoms with Gasteiger partial charge in [-0.15, -0.1) is 0 Å². The first-order valence-corrected chi connectivity index (χ1v) is 6.93. The number of rotatable bonds is 2. The van der Waals surface area contributed by atoms with Gasteiger partial charge in [0.1, 0.15) is 18.2 Å². The van der Waals surface area contributed by atoms with Gasteiger partial charge in [0.2, 0.25) is 5.91 Å². The van der Waals surface area contributed by atoms with E-state index >= 15 is 0 Å². The van der Waals surface area contributed by atoms with Crippen molar-refractivity contribution in [1.29, 1.82) is 0 Å². The van der Waals surface area contributed by atoms with Crippen LogP contribution in [0.3, 0.4) is 0 Å². The Balaban J connectivity index is 1.87. The van der Waals surface area contributed by atoms with Crippen molar-refractivity contribution in [2.75, 3.05) is 11.5 Å². The van der Waals surface area contributed by atoms with Gasteiger partial charge in [-0.1, -0.05) is 24.3 Å². The number of fused-ring (bicyclic) bond motifs is 1. The molecule has 1 atom stereocenters. The van der Waals surface area contributed by atoms with E-state index in [1.54, 1.807) is 17.0 Å². The summed E-state index contributed by atoms with van der Waals surface area (Å²) in [6.45, 7) is 2.41. The average Bonchev–Trinajstić information content (AvgIpc) is 2.47. The second-order valence-electron chi connectivity index (χ2n) is 5.20. The minimum absolute atomic E-state index is 0.0408. The first kappa shape index (κ1) is 13.6. The Bertz CT molecular complexity index is 671. The van der Waals surface area contributed by atoms with Crippen LogP contribution in [-0.4, -0.2) is 18.6 Å². The lowest BCUT2D eigenvalue weighted by atomic mass is 10.1. The van der Waals surface area contributed by atoms with Crippen LogP contribution in [0.5, 0.6) is 5.75 Å². The topological polar surface area (TPSA) is 29.5 Å². The van der Waals surface area contributed by atoms with E-state index in [0.717, 1.165) is 5.69 Å². The molecule has 3 nitrogen and oxygen atoms in total. The summed E-state index contributed by atoms with van der Waals surface area (Å²) >= 11 is 0. The summed E-state index contributed by atoms with van der Waals surface area (Å²) < 4.78 is 18.9. The first-order valence-electron chi connectivity index (χ1n) is 6.93. The van der Waals surface area contributed by atoms with Gasteiger partial charge in [0.05, 0.1) is 18.2 Å². The maximum atomic E-state index is 13.2. The number of amides is 1. The Labute approximate surface area is 123 Å². The Morgan fingerprint density at radius 2 is 2.10 bits per heavy atom. The summed E-state index contributed by atoms with van der Waals surface area (Å²) in [5, 5.41) is 0. The molecule has 3 rings (SSSR count). The third-order valence-corrected chi connectivity index (χ3v) is 3.56. The number of benzene rings is 2. The fraction of sp³-hybridized carbons (Fsp3) is 0.235. The molecule has 0 N–H and O–H groups in total. The van der Waals surface area contributed by atoms with E-state index < -0.39 is 0 Å². The third kappa shape index (κ3) is 2.75. The molecule has 108 valence electrons. The van der Waals surface area contributed by atoms with E-state index in [4.69, 9.17) is 4.74 Å². The van der Waals surface area contributed by atoms with Crippen molar-refractivity contribution in [2.24, 2.45) is 0 Å². The van der Waals surface area contributed by atoms with Crippen molar-refractivity contribution in [3.8, 4) is 5.75 Å². The molecule has 1 aliphatic heterocycles. The van der Waals surface area contributed by atoms with Gasteiger partial charge in [-0.05, 0) is 36.8 Å². The second-order valence-corrected chi connectivity index (χ2v) is 5.20. The summed E-state index contributed by atoms with van der Waals surface area (Å²) in [6.07, 6.45) is 0.177. The largest absolute Gasteiger partial charge is 0.489 e. The molecule has 0 saturated heterocycles. The summed E-state index contributed by atoms with van der Waals surface area (Å²) in [4.78, 5) is 14.3. The van der Waals surface area contributed by atoms with Gasteiger partial charge >= 0.3 is 0 Å². The van der Waals surface area contributed by atoms with Crippen LogP contribution in [0.25, 0.3) is 0 Å². The average molecular weight is 285 g/mol. The van der Waals surface area contributed by atoms with Gasteiger partial charge in [-0.25, -0.2) is 4.39 Å². The molecule has 0 aliphatic carbocycles. The van der Waals surface area contributed by atoms with Crippen LogP contribution in [0.1, 0.15) is 12.5 Å². The van der Waals surface area contributed by atoms with Crippen molar-refractivity contribution in [2.45, 2.75) is 19.4 Å². The standard InChI is InChI=1S/C17H16FNO2/c1-12-11-21-16-8-3-2-7-15(16)19(12)17(20)10-13-5-4-6-14(18)9-13/h2-9,12H,10-11H2,1H3. The zero-order chi connectivity index (χ0) is 14.8. The number of hydrogen-bond acceptors (Lipinski definition) is 2.